The molecule has 0 aromatic carbocycles. The molecule has 1 aliphatic heterocycles. The minimum atomic E-state index is 0.439. The zero-order valence-electron chi connectivity index (χ0n) is 12.0. The predicted octanol–water partition coefficient (Wildman–Crippen LogP) is 2.26. The molecule has 0 aromatic heterocycles. The monoisotopic (exact) mass is 242 g/mol. The Morgan fingerprint density at radius 3 is 2.59 bits per heavy atom. The van der Waals surface area contributed by atoms with Crippen molar-refractivity contribution in [2.75, 3.05) is 26.2 Å². The summed E-state index contributed by atoms with van der Waals surface area (Å²) in [5.74, 6) is 0. The van der Waals surface area contributed by atoms with Crippen LogP contribution in [0, 0.1) is 0 Å². The molecule has 1 heterocycles. The molecule has 1 aliphatic rings. The van der Waals surface area contributed by atoms with Gasteiger partial charge in [-0.2, -0.15) is 0 Å². The molecule has 0 bridgehead atoms. The first-order chi connectivity index (χ1) is 8.15. The van der Waals surface area contributed by atoms with Crippen LogP contribution in [0.3, 0.4) is 0 Å². The van der Waals surface area contributed by atoms with Crippen molar-refractivity contribution in [2.24, 2.45) is 0 Å². The molecule has 2 atom stereocenters. The number of rotatable bonds is 8. The van der Waals surface area contributed by atoms with E-state index in [4.69, 9.17) is 4.74 Å². The molecule has 17 heavy (non-hydrogen) atoms. The van der Waals surface area contributed by atoms with Gasteiger partial charge in [0.1, 0.15) is 0 Å². The van der Waals surface area contributed by atoms with Crippen molar-refractivity contribution >= 4 is 0 Å². The smallest absolute Gasteiger partial charge is 0.0726 e. The standard InChI is InChI=1S/C14H30N2O/c1-5-9-16(12(2)3)10-8-15-13(4)14-7-6-11-17-14/h12-15H,5-11H2,1-4H3. The largest absolute Gasteiger partial charge is 0.377 e. The van der Waals surface area contributed by atoms with Crippen LogP contribution in [0.15, 0.2) is 0 Å². The topological polar surface area (TPSA) is 24.5 Å². The average Bonchev–Trinajstić information content (AvgIpc) is 2.81. The second-order valence-electron chi connectivity index (χ2n) is 5.42. The Morgan fingerprint density at radius 2 is 2.06 bits per heavy atom. The molecule has 1 N–H and O–H groups in total. The number of nitrogens with zero attached hydrogens (tertiary/aromatic N) is 1. The van der Waals surface area contributed by atoms with Crippen molar-refractivity contribution in [3.63, 3.8) is 0 Å². The van der Waals surface area contributed by atoms with Gasteiger partial charge in [0, 0.05) is 31.8 Å². The van der Waals surface area contributed by atoms with Crippen LogP contribution in [0.25, 0.3) is 0 Å². The Bertz CT molecular complexity index is 191. The van der Waals surface area contributed by atoms with Crippen molar-refractivity contribution in [3.05, 3.63) is 0 Å². The molecule has 0 aromatic rings. The number of ether oxygens (including phenoxy) is 1. The van der Waals surface area contributed by atoms with Crippen LogP contribution in [0.5, 0.6) is 0 Å². The second-order valence-corrected chi connectivity index (χ2v) is 5.42. The third kappa shape index (κ3) is 5.36. The van der Waals surface area contributed by atoms with Gasteiger partial charge in [0.25, 0.3) is 0 Å². The van der Waals surface area contributed by atoms with Crippen LogP contribution in [0.4, 0.5) is 0 Å². The van der Waals surface area contributed by atoms with Gasteiger partial charge in [0.05, 0.1) is 6.10 Å². The quantitative estimate of drug-likeness (QED) is 0.706. The lowest BCUT2D eigenvalue weighted by Gasteiger charge is -2.27. The Balaban J connectivity index is 2.16. The zero-order valence-corrected chi connectivity index (χ0v) is 12.0. The fourth-order valence-corrected chi connectivity index (χ4v) is 2.48. The summed E-state index contributed by atoms with van der Waals surface area (Å²) in [4.78, 5) is 2.54. The molecule has 102 valence electrons. The molecule has 3 heteroatoms. The van der Waals surface area contributed by atoms with Crippen molar-refractivity contribution in [2.45, 2.75) is 65.1 Å². The summed E-state index contributed by atoms with van der Waals surface area (Å²) in [6, 6.07) is 1.14. The molecule has 0 saturated carbocycles. The van der Waals surface area contributed by atoms with Gasteiger partial charge in [-0.1, -0.05) is 6.92 Å². The van der Waals surface area contributed by atoms with E-state index >= 15 is 0 Å². The second kappa shape index (κ2) is 8.06. The van der Waals surface area contributed by atoms with Gasteiger partial charge in [-0.3, -0.25) is 4.90 Å². The highest BCUT2D eigenvalue weighted by atomic mass is 16.5. The first-order valence-corrected chi connectivity index (χ1v) is 7.24. The van der Waals surface area contributed by atoms with Gasteiger partial charge < -0.3 is 10.1 Å². The maximum absolute atomic E-state index is 5.69. The van der Waals surface area contributed by atoms with E-state index in [-0.39, 0.29) is 0 Å². The Labute approximate surface area is 107 Å². The molecule has 0 radical (unpaired) electrons. The normalized spacial score (nSPS) is 22.6. The highest BCUT2D eigenvalue weighted by molar-refractivity contribution is 4.77. The van der Waals surface area contributed by atoms with E-state index in [1.165, 1.54) is 25.8 Å². The molecule has 3 nitrogen and oxygen atoms in total. The Morgan fingerprint density at radius 1 is 1.29 bits per heavy atom. The van der Waals surface area contributed by atoms with Crippen molar-refractivity contribution < 1.29 is 4.74 Å². The fourth-order valence-electron chi connectivity index (χ4n) is 2.48. The van der Waals surface area contributed by atoms with E-state index in [0.717, 1.165) is 19.7 Å². The van der Waals surface area contributed by atoms with Gasteiger partial charge in [0.15, 0.2) is 0 Å². The predicted molar refractivity (Wildman–Crippen MR) is 73.4 cm³/mol. The maximum atomic E-state index is 5.69. The van der Waals surface area contributed by atoms with Gasteiger partial charge in [0.2, 0.25) is 0 Å². The maximum Gasteiger partial charge on any atom is 0.0726 e. The Kier molecular flexibility index (Phi) is 7.09. The number of hydrogen-bond donors (Lipinski definition) is 1. The zero-order chi connectivity index (χ0) is 12.7. The molecule has 1 saturated heterocycles. The average molecular weight is 242 g/mol. The Hall–Kier alpha value is -0.120. The van der Waals surface area contributed by atoms with Crippen molar-refractivity contribution in [3.8, 4) is 0 Å². The summed E-state index contributed by atoms with van der Waals surface area (Å²) in [6.07, 6.45) is 4.12. The lowest BCUT2D eigenvalue weighted by molar-refractivity contribution is 0.0821. The van der Waals surface area contributed by atoms with Crippen LogP contribution >= 0.6 is 0 Å². The van der Waals surface area contributed by atoms with Gasteiger partial charge in [-0.25, -0.2) is 0 Å². The van der Waals surface area contributed by atoms with Gasteiger partial charge in [-0.15, -0.1) is 0 Å². The number of nitrogens with one attached hydrogen (secondary N) is 1. The van der Waals surface area contributed by atoms with Crippen LogP contribution in [0.2, 0.25) is 0 Å². The SMILES string of the molecule is CCCN(CCNC(C)C1CCCO1)C(C)C. The molecule has 1 rings (SSSR count). The van der Waals surface area contributed by atoms with Crippen molar-refractivity contribution in [1.29, 1.82) is 0 Å². The molecule has 0 amide bonds. The van der Waals surface area contributed by atoms with E-state index in [2.05, 4.69) is 37.9 Å². The first kappa shape index (κ1) is 14.9. The van der Waals surface area contributed by atoms with E-state index < -0.39 is 0 Å². The lowest BCUT2D eigenvalue weighted by atomic mass is 10.1. The first-order valence-electron chi connectivity index (χ1n) is 7.24. The highest BCUT2D eigenvalue weighted by Gasteiger charge is 2.21. The van der Waals surface area contributed by atoms with Crippen LogP contribution < -0.4 is 5.32 Å². The minimum absolute atomic E-state index is 0.439. The van der Waals surface area contributed by atoms with Crippen LogP contribution in [0.1, 0.15) is 47.0 Å². The molecule has 0 spiro atoms. The third-order valence-electron chi connectivity index (χ3n) is 3.63. The molecule has 1 fully saturated rings. The molecular weight excluding hydrogens is 212 g/mol. The van der Waals surface area contributed by atoms with Crippen LogP contribution in [-0.2, 0) is 4.74 Å². The molecular formula is C14H30N2O. The summed E-state index contributed by atoms with van der Waals surface area (Å²) in [7, 11) is 0. The fraction of sp³-hybridized carbons (Fsp3) is 1.00. The van der Waals surface area contributed by atoms with E-state index in [0.29, 0.717) is 18.2 Å². The summed E-state index contributed by atoms with van der Waals surface area (Å²) in [5.41, 5.74) is 0. The van der Waals surface area contributed by atoms with Gasteiger partial charge >= 0.3 is 0 Å². The highest BCUT2D eigenvalue weighted by Crippen LogP contribution is 2.15. The third-order valence-corrected chi connectivity index (χ3v) is 3.63. The summed E-state index contributed by atoms with van der Waals surface area (Å²) in [6.45, 7) is 13.4. The molecule has 2 unspecified atom stereocenters. The lowest BCUT2D eigenvalue weighted by Crippen LogP contribution is -2.43. The summed E-state index contributed by atoms with van der Waals surface area (Å²) < 4.78 is 5.69. The minimum Gasteiger partial charge on any atom is -0.377 e. The number of hydrogen-bond acceptors (Lipinski definition) is 3. The van der Waals surface area contributed by atoms with Gasteiger partial charge in [-0.05, 0) is 46.6 Å². The van der Waals surface area contributed by atoms with E-state index in [9.17, 15) is 0 Å². The molecule has 0 aliphatic carbocycles. The summed E-state index contributed by atoms with van der Waals surface area (Å²) >= 11 is 0. The summed E-state index contributed by atoms with van der Waals surface area (Å²) in [5, 5.41) is 3.60. The van der Waals surface area contributed by atoms with Crippen LogP contribution in [-0.4, -0.2) is 49.3 Å². The van der Waals surface area contributed by atoms with Crippen molar-refractivity contribution in [1.82, 2.24) is 10.2 Å². The van der Waals surface area contributed by atoms with E-state index in [1.54, 1.807) is 0 Å². The van der Waals surface area contributed by atoms with E-state index in [1.807, 2.05) is 0 Å².